The van der Waals surface area contributed by atoms with E-state index in [1.54, 1.807) is 0 Å². The maximum Gasteiger partial charge on any atom is 0.0457 e. The predicted molar refractivity (Wildman–Crippen MR) is 134 cm³/mol. The molecule has 0 amide bonds. The third-order valence-electron chi connectivity index (χ3n) is 7.21. The van der Waals surface area contributed by atoms with E-state index < -0.39 is 5.89 Å². The summed E-state index contributed by atoms with van der Waals surface area (Å²) in [6.45, 7) is 11.5. The molecule has 0 bridgehead atoms. The maximum atomic E-state index is 9.55. The Morgan fingerprint density at radius 2 is 1.48 bits per heavy atom. The van der Waals surface area contributed by atoms with Gasteiger partial charge in [-0.15, -0.1) is 0 Å². The van der Waals surface area contributed by atoms with E-state index >= 15 is 0 Å². The zero-order valence-corrected chi connectivity index (χ0v) is 19.6. The molecule has 0 atom stereocenters. The van der Waals surface area contributed by atoms with Gasteiger partial charge in [-0.2, -0.15) is 0 Å². The van der Waals surface area contributed by atoms with E-state index in [1.807, 2.05) is 0 Å². The van der Waals surface area contributed by atoms with E-state index in [9.17, 15) is 1.37 Å². The first kappa shape index (κ1) is 19.2. The third-order valence-corrected chi connectivity index (χ3v) is 7.21. The average Bonchev–Trinajstić information content (AvgIpc) is 3.28. The lowest BCUT2D eigenvalue weighted by Gasteiger charge is -2.40. The second kappa shape index (κ2) is 7.26. The van der Waals surface area contributed by atoms with Crippen molar-refractivity contribution in [2.45, 2.75) is 77.1 Å². The van der Waals surface area contributed by atoms with Gasteiger partial charge in [-0.05, 0) is 85.5 Å². The van der Waals surface area contributed by atoms with Gasteiger partial charge in [0.25, 0.3) is 0 Å². The van der Waals surface area contributed by atoms with E-state index in [0.29, 0.717) is 0 Å². The highest BCUT2D eigenvalue weighted by Gasteiger charge is 2.38. The molecule has 1 saturated carbocycles. The van der Waals surface area contributed by atoms with Crippen LogP contribution in [0.4, 0.5) is 11.4 Å². The van der Waals surface area contributed by atoms with Gasteiger partial charge in [0.15, 0.2) is 0 Å². The molecule has 0 saturated heterocycles. The molecular formula is C30H35N. The largest absolute Gasteiger partial charge is 0.336 e. The normalized spacial score (nSPS) is 18.9. The molecule has 3 aromatic carbocycles. The number of hydrogen-bond acceptors (Lipinski definition) is 1. The molecule has 0 radical (unpaired) electrons. The van der Waals surface area contributed by atoms with Crippen LogP contribution in [0.25, 0.3) is 11.1 Å². The lowest BCUT2D eigenvalue weighted by Crippen LogP contribution is -2.38. The van der Waals surface area contributed by atoms with Crippen LogP contribution in [0.1, 0.15) is 84.3 Å². The van der Waals surface area contributed by atoms with E-state index in [-0.39, 0.29) is 11.0 Å². The molecular weight excluding hydrogens is 374 g/mol. The van der Waals surface area contributed by atoms with Crippen LogP contribution in [0.15, 0.2) is 66.7 Å². The Hall–Kier alpha value is -2.54. The first-order valence-electron chi connectivity index (χ1n) is 12.3. The minimum Gasteiger partial charge on any atom is -0.336 e. The molecule has 5 rings (SSSR count). The Labute approximate surface area is 189 Å². The fraction of sp³-hybridized carbons (Fsp3) is 0.400. The molecule has 0 heterocycles. The van der Waals surface area contributed by atoms with Gasteiger partial charge < -0.3 is 4.90 Å². The smallest absolute Gasteiger partial charge is 0.0457 e. The molecule has 0 aliphatic heterocycles. The van der Waals surface area contributed by atoms with Gasteiger partial charge >= 0.3 is 0 Å². The number of fused-ring (bicyclic) bond motifs is 3. The first-order chi connectivity index (χ1) is 15.1. The van der Waals surface area contributed by atoms with Gasteiger partial charge in [-0.3, -0.25) is 0 Å². The number of anilines is 2. The van der Waals surface area contributed by atoms with Crippen molar-refractivity contribution in [2.24, 2.45) is 0 Å². The highest BCUT2D eigenvalue weighted by molar-refractivity contribution is 5.86. The average molecular weight is 411 g/mol. The van der Waals surface area contributed by atoms with Crippen LogP contribution in [-0.4, -0.2) is 5.54 Å². The van der Waals surface area contributed by atoms with Crippen molar-refractivity contribution in [3.05, 3.63) is 83.4 Å². The summed E-state index contributed by atoms with van der Waals surface area (Å²) in [6.07, 6.45) is 4.17. The number of rotatable bonds is 3. The highest BCUT2D eigenvalue weighted by atomic mass is 15.2. The Balaban J connectivity index is 1.83. The first-order valence-corrected chi connectivity index (χ1v) is 11.8. The fourth-order valence-corrected chi connectivity index (χ4v) is 5.74. The van der Waals surface area contributed by atoms with E-state index in [4.69, 9.17) is 0 Å². The predicted octanol–water partition coefficient (Wildman–Crippen LogP) is 8.59. The lowest BCUT2D eigenvalue weighted by atomic mass is 9.80. The van der Waals surface area contributed by atoms with Crippen LogP contribution >= 0.6 is 0 Å². The Morgan fingerprint density at radius 3 is 2.16 bits per heavy atom. The molecule has 0 unspecified atom stereocenters. The molecule has 3 aromatic rings. The quantitative estimate of drug-likeness (QED) is 0.418. The molecule has 1 nitrogen and oxygen atoms in total. The molecule has 160 valence electrons. The maximum absolute atomic E-state index is 9.55. The second-order valence-corrected chi connectivity index (χ2v) is 10.7. The van der Waals surface area contributed by atoms with Gasteiger partial charge in [0.2, 0.25) is 0 Å². The van der Waals surface area contributed by atoms with Crippen LogP contribution in [0, 0.1) is 0 Å². The minimum atomic E-state index is -0.520. The van der Waals surface area contributed by atoms with Gasteiger partial charge in [-0.1, -0.05) is 75.2 Å². The molecule has 2 aliphatic carbocycles. The van der Waals surface area contributed by atoms with E-state index in [2.05, 4.69) is 106 Å². The number of para-hydroxylation sites is 1. The van der Waals surface area contributed by atoms with Crippen LogP contribution in [0.2, 0.25) is 0 Å². The molecule has 2 aliphatic rings. The Morgan fingerprint density at radius 1 is 0.839 bits per heavy atom. The third kappa shape index (κ3) is 3.30. The monoisotopic (exact) mass is 410 g/mol. The standard InChI is InChI=1S/C30H35N/c1-29(2,3)31(22-15-7-6-8-16-22)28-20-25-23-17-11-12-18-26(23)30(4,5)27(25)19-24(28)21-13-9-10-14-21/h6-8,11-12,15-21H,9-10,13-14H2,1-5H3/i21D. The van der Waals surface area contributed by atoms with Crippen molar-refractivity contribution in [3.8, 4) is 11.1 Å². The Bertz CT molecular complexity index is 1150. The van der Waals surface area contributed by atoms with Crippen molar-refractivity contribution < 1.29 is 1.37 Å². The summed E-state index contributed by atoms with van der Waals surface area (Å²) in [5, 5.41) is 0. The van der Waals surface area contributed by atoms with Crippen LogP contribution in [0.3, 0.4) is 0 Å². The summed E-state index contributed by atoms with van der Waals surface area (Å²) in [5.74, 6) is -0.520. The second-order valence-electron chi connectivity index (χ2n) is 10.7. The SMILES string of the molecule is [2H]C1(c2cc3c(cc2N(c2ccccc2)C(C)(C)C)-c2ccccc2C3(C)C)CCCC1. The lowest BCUT2D eigenvalue weighted by molar-refractivity contribution is 0.555. The van der Waals surface area contributed by atoms with Crippen molar-refractivity contribution in [3.63, 3.8) is 0 Å². The summed E-state index contributed by atoms with van der Waals surface area (Å²) < 4.78 is 9.55. The van der Waals surface area contributed by atoms with Crippen molar-refractivity contribution >= 4 is 11.4 Å². The summed E-state index contributed by atoms with van der Waals surface area (Å²) in [4.78, 5) is 2.46. The molecule has 31 heavy (non-hydrogen) atoms. The topological polar surface area (TPSA) is 3.24 Å². The molecule has 0 N–H and O–H groups in total. The molecule has 0 spiro atoms. The zero-order valence-electron chi connectivity index (χ0n) is 20.6. The number of benzene rings is 3. The molecule has 1 fully saturated rings. The van der Waals surface area contributed by atoms with Crippen molar-refractivity contribution in [2.75, 3.05) is 4.90 Å². The van der Waals surface area contributed by atoms with Crippen molar-refractivity contribution in [1.82, 2.24) is 0 Å². The van der Waals surface area contributed by atoms with Crippen LogP contribution in [0.5, 0.6) is 0 Å². The number of hydrogen-bond donors (Lipinski definition) is 0. The molecule has 1 heteroatoms. The van der Waals surface area contributed by atoms with Gasteiger partial charge in [-0.25, -0.2) is 0 Å². The highest BCUT2D eigenvalue weighted by Crippen LogP contribution is 2.53. The minimum absolute atomic E-state index is 0.0481. The molecule has 0 aromatic heterocycles. The van der Waals surface area contributed by atoms with Gasteiger partial charge in [0.05, 0.1) is 0 Å². The summed E-state index contributed by atoms with van der Waals surface area (Å²) in [7, 11) is 0. The summed E-state index contributed by atoms with van der Waals surface area (Å²) >= 11 is 0. The fourth-order valence-electron chi connectivity index (χ4n) is 5.74. The van der Waals surface area contributed by atoms with Crippen molar-refractivity contribution in [1.29, 1.82) is 0 Å². The van der Waals surface area contributed by atoms with Crippen LogP contribution in [-0.2, 0) is 5.41 Å². The van der Waals surface area contributed by atoms with E-state index in [1.165, 1.54) is 39.2 Å². The zero-order chi connectivity index (χ0) is 22.7. The van der Waals surface area contributed by atoms with Gasteiger partial charge in [0, 0.05) is 23.7 Å². The summed E-state index contributed by atoms with van der Waals surface area (Å²) in [6, 6.07) is 24.4. The van der Waals surface area contributed by atoms with Crippen LogP contribution < -0.4 is 4.90 Å². The van der Waals surface area contributed by atoms with E-state index in [0.717, 1.165) is 25.7 Å². The number of nitrogens with zero attached hydrogens (tertiary/aromatic N) is 1. The summed E-state index contributed by atoms with van der Waals surface area (Å²) in [5.41, 5.74) is 8.86. The van der Waals surface area contributed by atoms with Gasteiger partial charge in [0.1, 0.15) is 0 Å². The Kier molecular flexibility index (Phi) is 4.49.